The van der Waals surface area contributed by atoms with E-state index < -0.39 is 5.97 Å². The Kier molecular flexibility index (Phi) is 13.4. The number of unbranched alkanes of at least 4 members (excludes halogenated alkanes) is 2. The zero-order valence-electron chi connectivity index (χ0n) is 13.0. The third-order valence-corrected chi connectivity index (χ3v) is 2.84. The topological polar surface area (TPSA) is 57.5 Å². The van der Waals surface area contributed by atoms with E-state index in [1.807, 2.05) is 24.3 Å². The number of aliphatic hydroxyl groups is 1. The van der Waals surface area contributed by atoms with Crippen LogP contribution in [0.2, 0.25) is 0 Å². The van der Waals surface area contributed by atoms with Crippen LogP contribution in [0, 0.1) is 0 Å². The summed E-state index contributed by atoms with van der Waals surface area (Å²) in [5, 5.41) is 18.0. The molecule has 0 saturated heterocycles. The highest BCUT2D eigenvalue weighted by molar-refractivity contribution is 5.66. The zero-order chi connectivity index (χ0) is 15.8. The van der Waals surface area contributed by atoms with Crippen molar-refractivity contribution < 1.29 is 15.0 Å². The molecule has 0 spiro atoms. The second-order valence-corrected chi connectivity index (χ2v) is 4.83. The summed E-state index contributed by atoms with van der Waals surface area (Å²) < 4.78 is 0. The average molecular weight is 292 g/mol. The van der Waals surface area contributed by atoms with Crippen molar-refractivity contribution in [3.05, 3.63) is 48.3 Å². The molecular formula is C18H28O3. The molecule has 0 aromatic heterocycles. The van der Waals surface area contributed by atoms with Gasteiger partial charge in [-0.3, -0.25) is 4.79 Å². The molecule has 0 aromatic carbocycles. The van der Waals surface area contributed by atoms with E-state index in [9.17, 15) is 9.90 Å². The van der Waals surface area contributed by atoms with E-state index in [1.165, 1.54) is 0 Å². The molecule has 0 aliphatic carbocycles. The molecule has 0 bridgehead atoms. The van der Waals surface area contributed by atoms with Crippen LogP contribution in [0.1, 0.15) is 58.3 Å². The predicted molar refractivity (Wildman–Crippen MR) is 88.4 cm³/mol. The molecule has 21 heavy (non-hydrogen) atoms. The number of hydrogen-bond acceptors (Lipinski definition) is 2. The van der Waals surface area contributed by atoms with Crippen LogP contribution in [0.5, 0.6) is 0 Å². The molecule has 0 saturated carbocycles. The van der Waals surface area contributed by atoms with Gasteiger partial charge in [0.05, 0.1) is 5.76 Å². The van der Waals surface area contributed by atoms with Crippen LogP contribution >= 0.6 is 0 Å². The lowest BCUT2D eigenvalue weighted by atomic mass is 10.2. The van der Waals surface area contributed by atoms with Gasteiger partial charge in [-0.2, -0.15) is 0 Å². The molecule has 0 fully saturated rings. The molecule has 0 aliphatic heterocycles. The summed E-state index contributed by atoms with van der Waals surface area (Å²) in [5.41, 5.74) is 0. The summed E-state index contributed by atoms with van der Waals surface area (Å²) in [5.74, 6) is -0.304. The summed E-state index contributed by atoms with van der Waals surface area (Å²) >= 11 is 0. The van der Waals surface area contributed by atoms with Crippen LogP contribution in [0.15, 0.2) is 48.3 Å². The van der Waals surface area contributed by atoms with Gasteiger partial charge in [0.25, 0.3) is 0 Å². The molecule has 3 heteroatoms. The van der Waals surface area contributed by atoms with E-state index in [-0.39, 0.29) is 6.42 Å². The molecule has 0 atom stereocenters. The monoisotopic (exact) mass is 292 g/mol. The first-order valence-corrected chi connectivity index (χ1v) is 7.71. The van der Waals surface area contributed by atoms with E-state index in [2.05, 4.69) is 25.2 Å². The highest BCUT2D eigenvalue weighted by Crippen LogP contribution is 2.03. The molecule has 2 N–H and O–H groups in total. The lowest BCUT2D eigenvalue weighted by Crippen LogP contribution is -1.92. The third-order valence-electron chi connectivity index (χ3n) is 2.84. The number of hydrogen-bond donors (Lipinski definition) is 2. The highest BCUT2D eigenvalue weighted by atomic mass is 16.4. The van der Waals surface area contributed by atoms with Gasteiger partial charge in [0.2, 0.25) is 0 Å². The summed E-state index contributed by atoms with van der Waals surface area (Å²) in [4.78, 5) is 10.3. The van der Waals surface area contributed by atoms with Gasteiger partial charge >= 0.3 is 5.97 Å². The molecule has 0 aliphatic rings. The second kappa shape index (κ2) is 14.6. The van der Waals surface area contributed by atoms with Gasteiger partial charge in [-0.25, -0.2) is 0 Å². The van der Waals surface area contributed by atoms with Crippen molar-refractivity contribution >= 4 is 5.97 Å². The van der Waals surface area contributed by atoms with Crippen LogP contribution in [0.3, 0.4) is 0 Å². The van der Waals surface area contributed by atoms with Crippen molar-refractivity contribution in [2.75, 3.05) is 0 Å². The Bertz CT molecular complexity index is 376. The van der Waals surface area contributed by atoms with Crippen molar-refractivity contribution in [2.45, 2.75) is 58.3 Å². The Morgan fingerprint density at radius 3 is 2.33 bits per heavy atom. The smallest absolute Gasteiger partial charge is 0.303 e. The fourth-order valence-electron chi connectivity index (χ4n) is 1.68. The molecule has 0 rings (SSSR count). The standard InChI is InChI=1S/C18H28O3/c1-2-3-11-14-17(19)15-12-9-7-5-4-6-8-10-13-16-18(20)21/h3-4,6-7,9,11,15,19H,2,5,8,10,12-14,16H2,1H3,(H,20,21)/b6-4-,9-7-,11-3-,17-15+. The van der Waals surface area contributed by atoms with Crippen molar-refractivity contribution in [1.82, 2.24) is 0 Å². The Hall–Kier alpha value is -1.77. The van der Waals surface area contributed by atoms with Crippen LogP contribution < -0.4 is 0 Å². The molecule has 0 heterocycles. The van der Waals surface area contributed by atoms with Gasteiger partial charge in [-0.1, -0.05) is 43.4 Å². The van der Waals surface area contributed by atoms with Crippen molar-refractivity contribution in [2.24, 2.45) is 0 Å². The molecule has 118 valence electrons. The maximum absolute atomic E-state index is 10.3. The first-order valence-electron chi connectivity index (χ1n) is 7.71. The van der Waals surface area contributed by atoms with E-state index in [4.69, 9.17) is 5.11 Å². The summed E-state index contributed by atoms with van der Waals surface area (Å²) in [6, 6.07) is 0. The SMILES string of the molecule is CC/C=C\C/C(O)=C\C/C=C\C/C=C\CCCCC(=O)O. The number of carboxylic acid groups (broad SMARTS) is 1. The van der Waals surface area contributed by atoms with Gasteiger partial charge in [-0.05, 0) is 44.6 Å². The minimum atomic E-state index is -0.719. The van der Waals surface area contributed by atoms with E-state index >= 15 is 0 Å². The minimum Gasteiger partial charge on any atom is -0.512 e. The second-order valence-electron chi connectivity index (χ2n) is 4.83. The molecule has 0 amide bonds. The van der Waals surface area contributed by atoms with Crippen molar-refractivity contribution in [1.29, 1.82) is 0 Å². The Labute approximate surface area is 128 Å². The number of carbonyl (C=O) groups is 1. The molecular weight excluding hydrogens is 264 g/mol. The maximum atomic E-state index is 10.3. The normalized spacial score (nSPS) is 12.9. The first-order chi connectivity index (χ1) is 10.2. The quantitative estimate of drug-likeness (QED) is 0.291. The largest absolute Gasteiger partial charge is 0.512 e. The minimum absolute atomic E-state index is 0.261. The van der Waals surface area contributed by atoms with Crippen LogP contribution in [0.25, 0.3) is 0 Å². The number of aliphatic carboxylic acids is 1. The molecule has 0 unspecified atom stereocenters. The summed E-state index contributed by atoms with van der Waals surface area (Å²) in [6.45, 7) is 2.07. The lowest BCUT2D eigenvalue weighted by Gasteiger charge is -1.93. The fraction of sp³-hybridized carbons (Fsp3) is 0.500. The Morgan fingerprint density at radius 2 is 1.62 bits per heavy atom. The summed E-state index contributed by atoms with van der Waals surface area (Å²) in [6.07, 6.45) is 20.2. The average Bonchev–Trinajstić information content (AvgIpc) is 2.44. The zero-order valence-corrected chi connectivity index (χ0v) is 13.0. The Morgan fingerprint density at radius 1 is 0.905 bits per heavy atom. The summed E-state index contributed by atoms with van der Waals surface area (Å²) in [7, 11) is 0. The molecule has 3 nitrogen and oxygen atoms in total. The van der Waals surface area contributed by atoms with Crippen LogP contribution in [0.4, 0.5) is 0 Å². The lowest BCUT2D eigenvalue weighted by molar-refractivity contribution is -0.137. The number of aliphatic hydroxyl groups excluding tert-OH is 1. The highest BCUT2D eigenvalue weighted by Gasteiger charge is 1.93. The predicted octanol–water partition coefficient (Wildman–Crippen LogP) is 5.32. The fourth-order valence-corrected chi connectivity index (χ4v) is 1.68. The maximum Gasteiger partial charge on any atom is 0.303 e. The van der Waals surface area contributed by atoms with Crippen molar-refractivity contribution in [3.8, 4) is 0 Å². The molecule has 0 radical (unpaired) electrons. The van der Waals surface area contributed by atoms with E-state index in [0.717, 1.165) is 38.5 Å². The number of carboxylic acids is 1. The van der Waals surface area contributed by atoms with E-state index in [0.29, 0.717) is 12.2 Å². The van der Waals surface area contributed by atoms with Crippen molar-refractivity contribution in [3.63, 3.8) is 0 Å². The van der Waals surface area contributed by atoms with Crippen LogP contribution in [-0.4, -0.2) is 16.2 Å². The van der Waals surface area contributed by atoms with Gasteiger partial charge in [-0.15, -0.1) is 0 Å². The van der Waals surface area contributed by atoms with Gasteiger partial charge in [0.15, 0.2) is 0 Å². The third kappa shape index (κ3) is 16.2. The molecule has 0 aromatic rings. The van der Waals surface area contributed by atoms with Gasteiger partial charge in [0.1, 0.15) is 0 Å². The first kappa shape index (κ1) is 19.2. The van der Waals surface area contributed by atoms with Gasteiger partial charge < -0.3 is 10.2 Å². The van der Waals surface area contributed by atoms with E-state index in [1.54, 1.807) is 0 Å². The van der Waals surface area contributed by atoms with Gasteiger partial charge in [0, 0.05) is 12.8 Å². The number of allylic oxidation sites excluding steroid dienone is 7. The Balaban J connectivity index is 3.57. The number of rotatable bonds is 12. The van der Waals surface area contributed by atoms with Crippen LogP contribution in [-0.2, 0) is 4.79 Å².